The molecule has 0 aliphatic rings. The highest BCUT2D eigenvalue weighted by atomic mass is 35.5. The van der Waals surface area contributed by atoms with Crippen LogP contribution >= 0.6 is 35.0 Å². The van der Waals surface area contributed by atoms with Gasteiger partial charge >= 0.3 is 5.97 Å². The highest BCUT2D eigenvalue weighted by Crippen LogP contribution is 2.29. The first-order valence-corrected chi connectivity index (χ1v) is 8.29. The molecule has 116 valence electrons. The van der Waals surface area contributed by atoms with Crippen LogP contribution in [0, 0.1) is 0 Å². The van der Waals surface area contributed by atoms with Crippen molar-refractivity contribution in [1.82, 2.24) is 5.32 Å². The minimum Gasteiger partial charge on any atom is -0.481 e. The molecule has 0 radical (unpaired) electrons. The Balaban J connectivity index is 2.16. The van der Waals surface area contributed by atoms with Crippen LogP contribution in [0.4, 0.5) is 0 Å². The van der Waals surface area contributed by atoms with Crippen molar-refractivity contribution < 1.29 is 14.7 Å². The highest BCUT2D eigenvalue weighted by Gasteiger charge is 2.06. The summed E-state index contributed by atoms with van der Waals surface area (Å²) in [6.07, 6.45) is 2.39. The number of carbonyl (C=O) groups excluding carboxylic acids is 1. The molecule has 0 saturated carbocycles. The summed E-state index contributed by atoms with van der Waals surface area (Å²) < 4.78 is 0. The first kappa shape index (κ1) is 18.1. The van der Waals surface area contributed by atoms with Crippen LogP contribution in [-0.4, -0.2) is 29.3 Å². The van der Waals surface area contributed by atoms with E-state index < -0.39 is 5.97 Å². The van der Waals surface area contributed by atoms with E-state index >= 15 is 0 Å². The van der Waals surface area contributed by atoms with Crippen LogP contribution in [0.15, 0.2) is 23.1 Å². The molecular weight excluding hydrogens is 333 g/mol. The third-order valence-corrected chi connectivity index (χ3v) is 4.37. The smallest absolute Gasteiger partial charge is 0.303 e. The van der Waals surface area contributed by atoms with Gasteiger partial charge in [-0.3, -0.25) is 9.59 Å². The number of amides is 1. The first-order valence-electron chi connectivity index (χ1n) is 6.55. The second-order valence-corrected chi connectivity index (χ2v) is 6.28. The fraction of sp³-hybridized carbons (Fsp3) is 0.429. The maximum atomic E-state index is 11.7. The van der Waals surface area contributed by atoms with Gasteiger partial charge in [-0.2, -0.15) is 0 Å². The zero-order valence-corrected chi connectivity index (χ0v) is 13.7. The molecule has 0 spiro atoms. The van der Waals surface area contributed by atoms with E-state index in [1.54, 1.807) is 18.2 Å². The maximum Gasteiger partial charge on any atom is 0.303 e. The normalized spacial score (nSPS) is 10.4. The lowest BCUT2D eigenvalue weighted by atomic mass is 10.2. The zero-order valence-electron chi connectivity index (χ0n) is 11.4. The van der Waals surface area contributed by atoms with Crippen molar-refractivity contribution in [3.63, 3.8) is 0 Å². The van der Waals surface area contributed by atoms with E-state index in [0.29, 0.717) is 23.0 Å². The van der Waals surface area contributed by atoms with Crippen molar-refractivity contribution in [2.24, 2.45) is 0 Å². The summed E-state index contributed by atoms with van der Waals surface area (Å²) in [6, 6.07) is 5.13. The number of unbranched alkanes of at least 4 members (excludes halogenated alkanes) is 2. The standard InChI is InChI=1S/C14H17Cl2NO3S/c15-10-5-6-11(16)12(8-10)21-9-13(18)17-7-3-1-2-4-14(19)20/h5-6,8H,1-4,7,9H2,(H,17,18)(H,19,20). The SMILES string of the molecule is O=C(O)CCCCCNC(=O)CSc1cc(Cl)ccc1Cl. The third-order valence-electron chi connectivity index (χ3n) is 2.64. The van der Waals surface area contributed by atoms with Crippen molar-refractivity contribution >= 4 is 46.8 Å². The van der Waals surface area contributed by atoms with Gasteiger partial charge < -0.3 is 10.4 Å². The Hall–Kier alpha value is -0.910. The number of aliphatic carboxylic acids is 1. The molecule has 0 bridgehead atoms. The largest absolute Gasteiger partial charge is 0.481 e. The van der Waals surface area contributed by atoms with E-state index in [1.807, 2.05) is 0 Å². The fourth-order valence-electron chi connectivity index (χ4n) is 1.59. The fourth-order valence-corrected chi connectivity index (χ4v) is 2.91. The summed E-state index contributed by atoms with van der Waals surface area (Å²) in [5.74, 6) is -0.585. The molecule has 4 nitrogen and oxygen atoms in total. The molecule has 1 aromatic carbocycles. The molecule has 2 N–H and O–H groups in total. The van der Waals surface area contributed by atoms with Crippen molar-refractivity contribution in [3.05, 3.63) is 28.2 Å². The highest BCUT2D eigenvalue weighted by molar-refractivity contribution is 8.00. The van der Waals surface area contributed by atoms with Crippen LogP contribution in [0.1, 0.15) is 25.7 Å². The second kappa shape index (κ2) is 9.92. The summed E-state index contributed by atoms with van der Waals surface area (Å²) in [4.78, 5) is 22.7. The Morgan fingerprint density at radius 1 is 1.19 bits per heavy atom. The Kier molecular flexibility index (Phi) is 8.57. The Labute approximate surface area is 138 Å². The van der Waals surface area contributed by atoms with Gasteiger partial charge in [0.25, 0.3) is 0 Å². The van der Waals surface area contributed by atoms with Crippen LogP contribution in [0.3, 0.4) is 0 Å². The van der Waals surface area contributed by atoms with E-state index in [9.17, 15) is 9.59 Å². The van der Waals surface area contributed by atoms with E-state index in [1.165, 1.54) is 11.8 Å². The summed E-state index contributed by atoms with van der Waals surface area (Å²) in [5.41, 5.74) is 0. The molecule has 0 aromatic heterocycles. The van der Waals surface area contributed by atoms with Crippen LogP contribution in [-0.2, 0) is 9.59 Å². The number of carboxylic acid groups (broad SMARTS) is 1. The molecule has 1 aromatic rings. The quantitative estimate of drug-likeness (QED) is 0.524. The molecule has 1 rings (SSSR count). The number of carboxylic acids is 1. The number of thioether (sulfide) groups is 1. The van der Waals surface area contributed by atoms with Gasteiger partial charge in [0.05, 0.1) is 10.8 Å². The molecular formula is C14H17Cl2NO3S. The Morgan fingerprint density at radius 2 is 1.95 bits per heavy atom. The van der Waals surface area contributed by atoms with Gasteiger partial charge in [-0.1, -0.05) is 29.6 Å². The molecule has 0 saturated heterocycles. The number of hydrogen-bond acceptors (Lipinski definition) is 3. The monoisotopic (exact) mass is 349 g/mol. The number of nitrogens with one attached hydrogen (secondary N) is 1. The van der Waals surface area contributed by atoms with Crippen LogP contribution < -0.4 is 5.32 Å². The number of halogens is 2. The van der Waals surface area contributed by atoms with Crippen LogP contribution in [0.25, 0.3) is 0 Å². The van der Waals surface area contributed by atoms with Crippen LogP contribution in [0.5, 0.6) is 0 Å². The lowest BCUT2D eigenvalue weighted by Gasteiger charge is -2.06. The van der Waals surface area contributed by atoms with Gasteiger partial charge in [-0.05, 0) is 31.0 Å². The minimum atomic E-state index is -0.783. The maximum absolute atomic E-state index is 11.7. The van der Waals surface area contributed by atoms with Crippen molar-refractivity contribution in [3.8, 4) is 0 Å². The van der Waals surface area contributed by atoms with Gasteiger partial charge in [0, 0.05) is 22.9 Å². The summed E-state index contributed by atoms with van der Waals surface area (Å²) in [7, 11) is 0. The molecule has 0 fully saturated rings. The second-order valence-electron chi connectivity index (χ2n) is 4.42. The summed E-state index contributed by atoms with van der Waals surface area (Å²) in [6.45, 7) is 0.558. The lowest BCUT2D eigenvalue weighted by molar-refractivity contribution is -0.137. The molecule has 21 heavy (non-hydrogen) atoms. The van der Waals surface area contributed by atoms with Gasteiger partial charge in [0.2, 0.25) is 5.91 Å². The average molecular weight is 350 g/mol. The Bertz CT molecular complexity index is 497. The average Bonchev–Trinajstić information content (AvgIpc) is 2.43. The van der Waals surface area contributed by atoms with Gasteiger partial charge in [0.1, 0.15) is 0 Å². The molecule has 0 heterocycles. The Morgan fingerprint density at radius 3 is 2.67 bits per heavy atom. The van der Waals surface area contributed by atoms with E-state index in [0.717, 1.165) is 17.7 Å². The van der Waals surface area contributed by atoms with E-state index in [2.05, 4.69) is 5.32 Å². The van der Waals surface area contributed by atoms with Gasteiger partial charge in [0.15, 0.2) is 0 Å². The lowest BCUT2D eigenvalue weighted by Crippen LogP contribution is -2.26. The third kappa shape index (κ3) is 8.19. The molecule has 0 unspecified atom stereocenters. The predicted molar refractivity (Wildman–Crippen MR) is 86.3 cm³/mol. The van der Waals surface area contributed by atoms with E-state index in [4.69, 9.17) is 28.3 Å². The van der Waals surface area contributed by atoms with Crippen molar-refractivity contribution in [2.45, 2.75) is 30.6 Å². The predicted octanol–water partition coefficient (Wildman–Crippen LogP) is 3.85. The number of benzene rings is 1. The van der Waals surface area contributed by atoms with Crippen molar-refractivity contribution in [2.75, 3.05) is 12.3 Å². The van der Waals surface area contributed by atoms with Crippen molar-refractivity contribution in [1.29, 1.82) is 0 Å². The summed E-state index contributed by atoms with van der Waals surface area (Å²) >= 11 is 13.2. The topological polar surface area (TPSA) is 66.4 Å². The van der Waals surface area contributed by atoms with E-state index in [-0.39, 0.29) is 18.1 Å². The first-order chi connectivity index (χ1) is 9.99. The molecule has 1 amide bonds. The summed E-state index contributed by atoms with van der Waals surface area (Å²) in [5, 5.41) is 12.4. The molecule has 7 heteroatoms. The number of hydrogen-bond donors (Lipinski definition) is 2. The molecule has 0 aliphatic carbocycles. The zero-order chi connectivity index (χ0) is 15.7. The minimum absolute atomic E-state index is 0.0747. The van der Waals surface area contributed by atoms with Crippen LogP contribution in [0.2, 0.25) is 10.0 Å². The van der Waals surface area contributed by atoms with Gasteiger partial charge in [-0.15, -0.1) is 11.8 Å². The number of carbonyl (C=O) groups is 2. The molecule has 0 atom stereocenters. The molecule has 0 aliphatic heterocycles. The van der Waals surface area contributed by atoms with Gasteiger partial charge in [-0.25, -0.2) is 0 Å². The number of rotatable bonds is 9.